The number of benzene rings is 2. The van der Waals surface area contributed by atoms with Crippen LogP contribution in [0, 0.1) is 24.0 Å². The molecule has 7 rings (SSSR count). The second kappa shape index (κ2) is 12.1. The summed E-state index contributed by atoms with van der Waals surface area (Å²) in [7, 11) is 1.40. The van der Waals surface area contributed by atoms with Crippen molar-refractivity contribution in [3.63, 3.8) is 0 Å². The standard InChI is InChI=1S/C26H22F2N4O3.C7H12FN/c1-5-17-20(27)7-6-15-8-16(33)9-18(21(15)17)23-22(28)24-19(10-29-23)25(31-26(30-24)34-4)32-11-13(2)35-14(3)12-32;8-6-4-7-2-1-3-9(7)5-6/h1,6-10,13-14,33H,11-12H2,2-4H3;6-7H,1-5H2. The summed E-state index contributed by atoms with van der Waals surface area (Å²) in [6.45, 7) is 6.86. The molecule has 230 valence electrons. The van der Waals surface area contributed by atoms with Gasteiger partial charge >= 0.3 is 6.01 Å². The van der Waals surface area contributed by atoms with Crippen LogP contribution in [0.15, 0.2) is 30.5 Å². The zero-order valence-electron chi connectivity index (χ0n) is 24.9. The molecule has 2 aromatic carbocycles. The molecule has 0 saturated carbocycles. The Morgan fingerprint density at radius 2 is 1.89 bits per heavy atom. The zero-order valence-corrected chi connectivity index (χ0v) is 24.9. The van der Waals surface area contributed by atoms with Gasteiger partial charge in [0.2, 0.25) is 0 Å². The molecule has 8 nitrogen and oxygen atoms in total. The van der Waals surface area contributed by atoms with E-state index in [4.69, 9.17) is 15.9 Å². The van der Waals surface area contributed by atoms with Crippen LogP contribution in [-0.4, -0.2) is 82.7 Å². The average Bonchev–Trinajstić information content (AvgIpc) is 3.57. The third-order valence-electron chi connectivity index (χ3n) is 8.46. The molecule has 4 unspecified atom stereocenters. The van der Waals surface area contributed by atoms with Gasteiger partial charge in [-0.15, -0.1) is 6.42 Å². The molecular formula is C33H34F3N5O3. The number of phenols is 1. The molecular weight excluding hydrogens is 571 g/mol. The van der Waals surface area contributed by atoms with E-state index in [9.17, 15) is 13.9 Å². The van der Waals surface area contributed by atoms with E-state index in [2.05, 4.69) is 25.8 Å². The largest absolute Gasteiger partial charge is 0.508 e. The predicted octanol–water partition coefficient (Wildman–Crippen LogP) is 5.62. The monoisotopic (exact) mass is 605 g/mol. The Hall–Kier alpha value is -4.14. The number of aromatic hydroxyl groups is 1. The van der Waals surface area contributed by atoms with Gasteiger partial charge in [0.25, 0.3) is 0 Å². The van der Waals surface area contributed by atoms with Gasteiger partial charge in [-0.05, 0) is 63.2 Å². The first-order valence-corrected chi connectivity index (χ1v) is 14.8. The van der Waals surface area contributed by atoms with Crippen LogP contribution < -0.4 is 9.64 Å². The highest BCUT2D eigenvalue weighted by atomic mass is 19.1. The van der Waals surface area contributed by atoms with Gasteiger partial charge in [0.15, 0.2) is 5.82 Å². The van der Waals surface area contributed by atoms with Crippen LogP contribution in [0.3, 0.4) is 0 Å². The van der Waals surface area contributed by atoms with Crippen LogP contribution in [0.4, 0.5) is 19.0 Å². The molecule has 4 aromatic rings. The minimum Gasteiger partial charge on any atom is -0.508 e. The van der Waals surface area contributed by atoms with Gasteiger partial charge in [-0.2, -0.15) is 9.97 Å². The molecule has 44 heavy (non-hydrogen) atoms. The molecule has 4 atom stereocenters. The van der Waals surface area contributed by atoms with E-state index < -0.39 is 17.8 Å². The number of halogens is 3. The minimum absolute atomic E-state index is 0.00790. The number of phenolic OH excluding ortho intramolecular Hbond substituents is 1. The second-order valence-electron chi connectivity index (χ2n) is 11.7. The first-order chi connectivity index (χ1) is 21.2. The van der Waals surface area contributed by atoms with Gasteiger partial charge < -0.3 is 19.5 Å². The lowest BCUT2D eigenvalue weighted by Gasteiger charge is -2.36. The first kappa shape index (κ1) is 29.9. The van der Waals surface area contributed by atoms with Crippen molar-refractivity contribution < 1.29 is 27.8 Å². The van der Waals surface area contributed by atoms with Crippen LogP contribution in [0.25, 0.3) is 32.9 Å². The topological polar surface area (TPSA) is 83.8 Å². The molecule has 11 heteroatoms. The predicted molar refractivity (Wildman–Crippen MR) is 163 cm³/mol. The van der Waals surface area contributed by atoms with Crippen LogP contribution in [0.5, 0.6) is 11.8 Å². The summed E-state index contributed by atoms with van der Waals surface area (Å²) in [6, 6.07) is 6.02. The number of methoxy groups -OCH3 is 1. The fourth-order valence-corrected chi connectivity index (χ4v) is 6.67. The molecule has 0 bridgehead atoms. The van der Waals surface area contributed by atoms with Crippen molar-refractivity contribution in [2.24, 2.45) is 0 Å². The minimum atomic E-state index is -0.766. The number of terminal acetylenes is 1. The number of morpholine rings is 1. The highest BCUT2D eigenvalue weighted by molar-refractivity contribution is 6.03. The van der Waals surface area contributed by atoms with Gasteiger partial charge in [0, 0.05) is 42.8 Å². The Morgan fingerprint density at radius 1 is 1.11 bits per heavy atom. The van der Waals surface area contributed by atoms with E-state index in [1.807, 2.05) is 18.7 Å². The number of ether oxygens (including phenoxy) is 2. The third kappa shape index (κ3) is 5.60. The lowest BCUT2D eigenvalue weighted by molar-refractivity contribution is -0.00540. The first-order valence-electron chi connectivity index (χ1n) is 14.8. The quantitative estimate of drug-likeness (QED) is 0.301. The van der Waals surface area contributed by atoms with Crippen molar-refractivity contribution in [3.05, 3.63) is 47.7 Å². The van der Waals surface area contributed by atoms with E-state index in [1.54, 1.807) is 0 Å². The number of aromatic nitrogens is 3. The lowest BCUT2D eigenvalue weighted by atomic mass is 9.96. The summed E-state index contributed by atoms with van der Waals surface area (Å²) >= 11 is 0. The van der Waals surface area contributed by atoms with E-state index in [0.29, 0.717) is 42.3 Å². The van der Waals surface area contributed by atoms with Crippen LogP contribution in [0.1, 0.15) is 38.7 Å². The molecule has 0 amide bonds. The number of hydrogen-bond acceptors (Lipinski definition) is 8. The molecule has 2 aromatic heterocycles. The Labute approximate surface area is 253 Å². The molecule has 0 radical (unpaired) electrons. The van der Waals surface area contributed by atoms with Gasteiger partial charge in [0.1, 0.15) is 34.8 Å². The SMILES string of the molecule is C#Cc1c(F)ccc2cc(O)cc(-c3ncc4c(N5CC(C)OC(C)C5)nc(OC)nc4c3F)c12.FC1CC2CCCN2C1. The van der Waals surface area contributed by atoms with Crippen molar-refractivity contribution in [1.82, 2.24) is 19.9 Å². The lowest BCUT2D eigenvalue weighted by Crippen LogP contribution is -2.46. The summed E-state index contributed by atoms with van der Waals surface area (Å²) in [5, 5.41) is 11.4. The summed E-state index contributed by atoms with van der Waals surface area (Å²) in [4.78, 5) is 17.4. The van der Waals surface area contributed by atoms with Gasteiger partial charge in [-0.3, -0.25) is 9.88 Å². The van der Waals surface area contributed by atoms with Crippen molar-refractivity contribution in [1.29, 1.82) is 0 Å². The number of rotatable bonds is 3. The van der Waals surface area contributed by atoms with Gasteiger partial charge in [-0.1, -0.05) is 12.0 Å². The van der Waals surface area contributed by atoms with E-state index in [1.165, 1.54) is 50.4 Å². The van der Waals surface area contributed by atoms with Gasteiger partial charge in [-0.25, -0.2) is 13.2 Å². The smallest absolute Gasteiger partial charge is 0.318 e. The van der Waals surface area contributed by atoms with E-state index in [0.717, 1.165) is 13.0 Å². The maximum Gasteiger partial charge on any atom is 0.318 e. The highest BCUT2D eigenvalue weighted by Gasteiger charge is 2.34. The molecule has 3 aliphatic rings. The number of hydrogen-bond donors (Lipinski definition) is 1. The Morgan fingerprint density at radius 3 is 2.59 bits per heavy atom. The van der Waals surface area contributed by atoms with Gasteiger partial charge in [0.05, 0.1) is 30.3 Å². The molecule has 1 N–H and O–H groups in total. The van der Waals surface area contributed by atoms with Crippen LogP contribution in [0.2, 0.25) is 0 Å². The fourth-order valence-electron chi connectivity index (χ4n) is 6.67. The van der Waals surface area contributed by atoms with E-state index in [-0.39, 0.29) is 51.7 Å². The summed E-state index contributed by atoms with van der Waals surface area (Å²) in [5.41, 5.74) is -0.0367. The Kier molecular flexibility index (Phi) is 8.22. The maximum absolute atomic E-state index is 16.1. The molecule has 3 fully saturated rings. The maximum atomic E-state index is 16.1. The Balaban J connectivity index is 0.000000323. The van der Waals surface area contributed by atoms with Crippen LogP contribution in [-0.2, 0) is 4.74 Å². The number of fused-ring (bicyclic) bond motifs is 3. The molecule has 5 heterocycles. The summed E-state index contributed by atoms with van der Waals surface area (Å²) in [6.07, 6.45) is 9.75. The molecule has 3 saturated heterocycles. The fraction of sp³-hybridized carbons (Fsp3) is 0.424. The number of nitrogens with zero attached hydrogens (tertiary/aromatic N) is 5. The average molecular weight is 606 g/mol. The van der Waals surface area contributed by atoms with E-state index >= 15 is 4.39 Å². The number of anilines is 1. The Bertz CT molecular complexity index is 1740. The normalized spacial score (nSPS) is 23.3. The molecule has 3 aliphatic heterocycles. The number of pyridine rings is 1. The highest BCUT2D eigenvalue weighted by Crippen LogP contribution is 2.39. The molecule has 0 spiro atoms. The van der Waals surface area contributed by atoms with Crippen molar-refractivity contribution >= 4 is 27.5 Å². The second-order valence-corrected chi connectivity index (χ2v) is 11.7. The van der Waals surface area contributed by atoms with Crippen molar-refractivity contribution in [2.45, 2.75) is 57.5 Å². The third-order valence-corrected chi connectivity index (χ3v) is 8.46. The zero-order chi connectivity index (χ0) is 31.1. The summed E-state index contributed by atoms with van der Waals surface area (Å²) in [5.74, 6) is 1.27. The summed E-state index contributed by atoms with van der Waals surface area (Å²) < 4.78 is 54.3. The molecule has 0 aliphatic carbocycles. The number of alkyl halides is 1. The van der Waals surface area contributed by atoms with Crippen molar-refractivity contribution in [2.75, 3.05) is 38.2 Å². The van der Waals surface area contributed by atoms with Crippen LogP contribution >= 0.6 is 0 Å². The van der Waals surface area contributed by atoms with Crippen molar-refractivity contribution in [3.8, 4) is 35.4 Å².